The number of halogens is 1. The third kappa shape index (κ3) is 4.86. The molecule has 0 saturated carbocycles. The highest BCUT2D eigenvalue weighted by atomic mass is 79.9. The summed E-state index contributed by atoms with van der Waals surface area (Å²) in [4.78, 5) is 17.2. The summed E-state index contributed by atoms with van der Waals surface area (Å²) < 4.78 is 3.10. The predicted molar refractivity (Wildman–Crippen MR) is 125 cm³/mol. The Labute approximate surface area is 184 Å². The molecular weight excluding hydrogens is 438 g/mol. The lowest BCUT2D eigenvalue weighted by Gasteiger charge is -2.08. The summed E-state index contributed by atoms with van der Waals surface area (Å²) in [6, 6.07) is 25.8. The van der Waals surface area contributed by atoms with Crippen molar-refractivity contribution in [2.24, 2.45) is 0 Å². The van der Waals surface area contributed by atoms with E-state index in [9.17, 15) is 4.79 Å². The standard InChI is InChI=1S/C25H22BrN3O/c26-21-12-6-11-20(18-21)25(30)27-16-15-24-28-22-13-4-5-14-23(22)29(24)17-7-10-19-8-2-1-3-9-19/h1-14,18H,15-17H2,(H,27,30)/b10-7+. The number of benzene rings is 3. The molecule has 1 amide bonds. The minimum Gasteiger partial charge on any atom is -0.352 e. The third-order valence-electron chi connectivity index (χ3n) is 4.85. The van der Waals surface area contributed by atoms with Crippen molar-refractivity contribution in [3.05, 3.63) is 106 Å². The molecule has 30 heavy (non-hydrogen) atoms. The van der Waals surface area contributed by atoms with Gasteiger partial charge in [0.25, 0.3) is 5.91 Å². The van der Waals surface area contributed by atoms with Gasteiger partial charge in [-0.3, -0.25) is 4.79 Å². The molecule has 0 saturated heterocycles. The molecule has 0 spiro atoms. The summed E-state index contributed by atoms with van der Waals surface area (Å²) in [5, 5.41) is 3.00. The number of nitrogens with zero attached hydrogens (tertiary/aromatic N) is 2. The quantitative estimate of drug-likeness (QED) is 0.397. The van der Waals surface area contributed by atoms with E-state index in [1.165, 1.54) is 5.56 Å². The van der Waals surface area contributed by atoms with E-state index >= 15 is 0 Å². The van der Waals surface area contributed by atoms with E-state index < -0.39 is 0 Å². The number of amides is 1. The first-order valence-electron chi connectivity index (χ1n) is 9.90. The van der Waals surface area contributed by atoms with Gasteiger partial charge in [0.05, 0.1) is 11.0 Å². The highest BCUT2D eigenvalue weighted by molar-refractivity contribution is 9.10. The summed E-state index contributed by atoms with van der Waals surface area (Å²) in [6.07, 6.45) is 4.92. The van der Waals surface area contributed by atoms with Crippen LogP contribution in [0.15, 0.2) is 89.4 Å². The van der Waals surface area contributed by atoms with Crippen molar-refractivity contribution in [1.82, 2.24) is 14.9 Å². The van der Waals surface area contributed by atoms with Crippen LogP contribution >= 0.6 is 15.9 Å². The molecule has 0 unspecified atom stereocenters. The van der Waals surface area contributed by atoms with E-state index in [0.717, 1.165) is 27.9 Å². The topological polar surface area (TPSA) is 46.9 Å². The summed E-state index contributed by atoms with van der Waals surface area (Å²) in [7, 11) is 0. The van der Waals surface area contributed by atoms with Crippen molar-refractivity contribution in [2.75, 3.05) is 6.54 Å². The number of hydrogen-bond acceptors (Lipinski definition) is 2. The average Bonchev–Trinajstić information content (AvgIpc) is 3.12. The maximum Gasteiger partial charge on any atom is 0.251 e. The first-order chi connectivity index (χ1) is 14.7. The lowest BCUT2D eigenvalue weighted by molar-refractivity contribution is 0.0954. The molecule has 0 aliphatic carbocycles. The Morgan fingerprint density at radius 1 is 1.00 bits per heavy atom. The number of allylic oxidation sites excluding steroid dienone is 1. The molecule has 0 bridgehead atoms. The molecule has 0 fully saturated rings. The van der Waals surface area contributed by atoms with Crippen LogP contribution in [0.25, 0.3) is 17.1 Å². The number of nitrogens with one attached hydrogen (secondary N) is 1. The second kappa shape index (κ2) is 9.55. The lowest BCUT2D eigenvalue weighted by Crippen LogP contribution is -2.26. The molecule has 1 aromatic heterocycles. The fourth-order valence-electron chi connectivity index (χ4n) is 3.40. The van der Waals surface area contributed by atoms with E-state index in [4.69, 9.17) is 4.98 Å². The van der Waals surface area contributed by atoms with Gasteiger partial charge in [-0.1, -0.05) is 76.6 Å². The van der Waals surface area contributed by atoms with Crippen molar-refractivity contribution in [1.29, 1.82) is 0 Å². The first-order valence-corrected chi connectivity index (χ1v) is 10.7. The minimum atomic E-state index is -0.0806. The van der Waals surface area contributed by atoms with E-state index in [-0.39, 0.29) is 5.91 Å². The lowest BCUT2D eigenvalue weighted by atomic mass is 10.2. The van der Waals surface area contributed by atoms with Gasteiger partial charge in [0, 0.05) is 29.5 Å². The maximum absolute atomic E-state index is 12.4. The zero-order valence-corrected chi connectivity index (χ0v) is 18.0. The fraction of sp³-hybridized carbons (Fsp3) is 0.120. The molecule has 0 aliphatic heterocycles. The second-order valence-electron chi connectivity index (χ2n) is 6.96. The summed E-state index contributed by atoms with van der Waals surface area (Å²) in [5.41, 5.74) is 3.89. The number of para-hydroxylation sites is 2. The van der Waals surface area contributed by atoms with Gasteiger partial charge in [0.1, 0.15) is 5.82 Å². The van der Waals surface area contributed by atoms with Gasteiger partial charge in [0.15, 0.2) is 0 Å². The van der Waals surface area contributed by atoms with E-state index in [0.29, 0.717) is 18.5 Å². The van der Waals surface area contributed by atoms with Crippen molar-refractivity contribution in [3.8, 4) is 0 Å². The first kappa shape index (κ1) is 20.1. The van der Waals surface area contributed by atoms with Gasteiger partial charge < -0.3 is 9.88 Å². The minimum absolute atomic E-state index is 0.0806. The molecule has 1 heterocycles. The molecule has 1 N–H and O–H groups in total. The van der Waals surface area contributed by atoms with E-state index in [2.05, 4.69) is 56.2 Å². The molecule has 5 heteroatoms. The van der Waals surface area contributed by atoms with Crippen molar-refractivity contribution >= 4 is 38.9 Å². The normalized spacial score (nSPS) is 11.2. The summed E-state index contributed by atoms with van der Waals surface area (Å²) in [6.45, 7) is 1.25. The Hall–Kier alpha value is -3.18. The highest BCUT2D eigenvalue weighted by Crippen LogP contribution is 2.17. The van der Waals surface area contributed by atoms with Crippen LogP contribution in [0.5, 0.6) is 0 Å². The van der Waals surface area contributed by atoms with Crippen molar-refractivity contribution < 1.29 is 4.79 Å². The molecule has 150 valence electrons. The zero-order valence-electron chi connectivity index (χ0n) is 16.5. The smallest absolute Gasteiger partial charge is 0.251 e. The third-order valence-corrected chi connectivity index (χ3v) is 5.35. The number of carbonyl (C=O) groups is 1. The Morgan fingerprint density at radius 3 is 2.63 bits per heavy atom. The zero-order chi connectivity index (χ0) is 20.8. The van der Waals surface area contributed by atoms with Crippen LogP contribution in [0.4, 0.5) is 0 Å². The number of rotatable bonds is 7. The number of aromatic nitrogens is 2. The van der Waals surface area contributed by atoms with Crippen LogP contribution in [0.2, 0.25) is 0 Å². The number of hydrogen-bond donors (Lipinski definition) is 1. The Kier molecular flexibility index (Phi) is 6.40. The number of imidazole rings is 1. The van der Waals surface area contributed by atoms with Crippen LogP contribution in [0.1, 0.15) is 21.7 Å². The fourth-order valence-corrected chi connectivity index (χ4v) is 3.80. The maximum atomic E-state index is 12.4. The van der Waals surface area contributed by atoms with Crippen LogP contribution in [-0.2, 0) is 13.0 Å². The van der Waals surface area contributed by atoms with E-state index in [1.807, 2.05) is 60.7 Å². The van der Waals surface area contributed by atoms with Crippen molar-refractivity contribution in [2.45, 2.75) is 13.0 Å². The van der Waals surface area contributed by atoms with Gasteiger partial charge in [-0.25, -0.2) is 4.98 Å². The molecule has 4 nitrogen and oxygen atoms in total. The number of fused-ring (bicyclic) bond motifs is 1. The van der Waals surface area contributed by atoms with Crippen LogP contribution < -0.4 is 5.32 Å². The molecule has 4 aromatic rings. The van der Waals surface area contributed by atoms with Crippen LogP contribution in [0.3, 0.4) is 0 Å². The second-order valence-corrected chi connectivity index (χ2v) is 7.87. The molecule has 0 atom stereocenters. The van der Waals surface area contributed by atoms with E-state index in [1.54, 1.807) is 0 Å². The van der Waals surface area contributed by atoms with Gasteiger partial charge >= 0.3 is 0 Å². The van der Waals surface area contributed by atoms with Gasteiger partial charge in [-0.2, -0.15) is 0 Å². The van der Waals surface area contributed by atoms with Gasteiger partial charge in [0.2, 0.25) is 0 Å². The van der Waals surface area contributed by atoms with Crippen LogP contribution in [0, 0.1) is 0 Å². The molecular formula is C25H22BrN3O. The molecule has 4 rings (SSSR count). The Morgan fingerprint density at radius 2 is 1.80 bits per heavy atom. The Balaban J connectivity index is 1.47. The molecule has 3 aromatic carbocycles. The number of carbonyl (C=O) groups excluding carboxylic acids is 1. The van der Waals surface area contributed by atoms with Gasteiger partial charge in [-0.15, -0.1) is 0 Å². The molecule has 0 radical (unpaired) electrons. The monoisotopic (exact) mass is 459 g/mol. The average molecular weight is 460 g/mol. The summed E-state index contributed by atoms with van der Waals surface area (Å²) in [5.74, 6) is 0.881. The van der Waals surface area contributed by atoms with Crippen LogP contribution in [-0.4, -0.2) is 22.0 Å². The predicted octanol–water partition coefficient (Wildman–Crippen LogP) is 5.48. The molecule has 0 aliphatic rings. The van der Waals surface area contributed by atoms with Crippen molar-refractivity contribution in [3.63, 3.8) is 0 Å². The largest absolute Gasteiger partial charge is 0.352 e. The van der Waals surface area contributed by atoms with Gasteiger partial charge in [-0.05, 0) is 35.9 Å². The SMILES string of the molecule is O=C(NCCc1nc2ccccc2n1C/C=C/c1ccccc1)c1cccc(Br)c1. The Bertz CT molecular complexity index is 1180. The summed E-state index contributed by atoms with van der Waals surface area (Å²) >= 11 is 3.41. The highest BCUT2D eigenvalue weighted by Gasteiger charge is 2.11.